The number of hydrogen-bond donors (Lipinski definition) is 1. The number of aromatic nitrogens is 1. The molecule has 0 aliphatic rings. The van der Waals surface area contributed by atoms with Crippen molar-refractivity contribution in [3.05, 3.63) is 59.9 Å². The van der Waals surface area contributed by atoms with Crippen molar-refractivity contribution in [1.29, 1.82) is 5.26 Å². The highest BCUT2D eigenvalue weighted by Crippen LogP contribution is 2.11. The van der Waals surface area contributed by atoms with Crippen LogP contribution in [0.1, 0.15) is 11.1 Å². The molecule has 1 aromatic carbocycles. The van der Waals surface area contributed by atoms with Gasteiger partial charge in [-0.1, -0.05) is 18.2 Å². The predicted molar refractivity (Wildman–Crippen MR) is 74.0 cm³/mol. The minimum absolute atomic E-state index is 0.183. The zero-order valence-electron chi connectivity index (χ0n) is 10.7. The molecule has 6 heteroatoms. The number of nitrogens with zero attached hydrogens (tertiary/aromatic N) is 2. The van der Waals surface area contributed by atoms with Crippen molar-refractivity contribution in [1.82, 2.24) is 9.71 Å². The van der Waals surface area contributed by atoms with Crippen LogP contribution in [-0.2, 0) is 23.0 Å². The first-order valence-corrected chi connectivity index (χ1v) is 7.44. The first-order valence-electron chi connectivity index (χ1n) is 5.96. The Balaban J connectivity index is 2.08. The van der Waals surface area contributed by atoms with Gasteiger partial charge in [-0.25, -0.2) is 13.1 Å². The van der Waals surface area contributed by atoms with Crippen LogP contribution in [-0.4, -0.2) is 13.4 Å². The van der Waals surface area contributed by atoms with E-state index in [9.17, 15) is 8.42 Å². The van der Waals surface area contributed by atoms with E-state index >= 15 is 0 Å². The van der Waals surface area contributed by atoms with Crippen molar-refractivity contribution in [2.75, 3.05) is 0 Å². The number of nitrogens with one attached hydrogen (secondary N) is 1. The Hall–Kier alpha value is -2.23. The summed E-state index contributed by atoms with van der Waals surface area (Å²) in [5.74, 6) is 0. The molecule has 0 aliphatic heterocycles. The standard InChI is InChI=1S/C14H13N3O2S/c15-8-7-12-3-5-14(6-4-12)20(18,19)17-11-13-2-1-9-16-10-13/h1-6,9-10,17H,7,11H2. The molecular weight excluding hydrogens is 274 g/mol. The summed E-state index contributed by atoms with van der Waals surface area (Å²) in [5.41, 5.74) is 1.58. The summed E-state index contributed by atoms with van der Waals surface area (Å²) in [7, 11) is -3.55. The fourth-order valence-corrected chi connectivity index (χ4v) is 2.66. The van der Waals surface area contributed by atoms with Gasteiger partial charge in [0.05, 0.1) is 17.4 Å². The Morgan fingerprint density at radius 2 is 1.90 bits per heavy atom. The van der Waals surface area contributed by atoms with E-state index in [0.717, 1.165) is 11.1 Å². The third-order valence-electron chi connectivity index (χ3n) is 2.71. The lowest BCUT2D eigenvalue weighted by Crippen LogP contribution is -2.23. The summed E-state index contributed by atoms with van der Waals surface area (Å²) < 4.78 is 26.7. The summed E-state index contributed by atoms with van der Waals surface area (Å²) in [5, 5.41) is 8.57. The van der Waals surface area contributed by atoms with E-state index in [-0.39, 0.29) is 17.9 Å². The quantitative estimate of drug-likeness (QED) is 0.906. The van der Waals surface area contributed by atoms with Crippen molar-refractivity contribution >= 4 is 10.0 Å². The molecule has 102 valence electrons. The van der Waals surface area contributed by atoms with E-state index in [1.165, 1.54) is 12.1 Å². The number of nitriles is 1. The number of rotatable bonds is 5. The van der Waals surface area contributed by atoms with Crippen LogP contribution in [0.5, 0.6) is 0 Å². The molecule has 20 heavy (non-hydrogen) atoms. The zero-order valence-corrected chi connectivity index (χ0v) is 11.5. The third-order valence-corrected chi connectivity index (χ3v) is 4.12. The van der Waals surface area contributed by atoms with Crippen molar-refractivity contribution in [2.24, 2.45) is 0 Å². The molecule has 1 heterocycles. The van der Waals surface area contributed by atoms with E-state index in [4.69, 9.17) is 5.26 Å². The van der Waals surface area contributed by atoms with Crippen LogP contribution in [0.3, 0.4) is 0 Å². The molecule has 0 unspecified atom stereocenters. The van der Waals surface area contributed by atoms with Crippen LogP contribution in [0.2, 0.25) is 0 Å². The van der Waals surface area contributed by atoms with Gasteiger partial charge >= 0.3 is 0 Å². The second-order valence-electron chi connectivity index (χ2n) is 4.16. The molecule has 2 aromatic rings. The van der Waals surface area contributed by atoms with Gasteiger partial charge in [-0.05, 0) is 29.3 Å². The molecule has 2 rings (SSSR count). The average molecular weight is 287 g/mol. The van der Waals surface area contributed by atoms with Crippen LogP contribution >= 0.6 is 0 Å². The van der Waals surface area contributed by atoms with Gasteiger partial charge in [0.1, 0.15) is 0 Å². The average Bonchev–Trinajstić information content (AvgIpc) is 2.47. The molecule has 0 saturated heterocycles. The summed E-state index contributed by atoms with van der Waals surface area (Å²) in [6.07, 6.45) is 3.51. The van der Waals surface area contributed by atoms with Crippen LogP contribution in [0.15, 0.2) is 53.7 Å². The second-order valence-corrected chi connectivity index (χ2v) is 5.93. The molecule has 0 atom stereocenters. The first kappa shape index (κ1) is 14.2. The fourth-order valence-electron chi connectivity index (χ4n) is 1.64. The molecule has 0 aliphatic carbocycles. The van der Waals surface area contributed by atoms with Gasteiger partial charge in [0.25, 0.3) is 0 Å². The maximum Gasteiger partial charge on any atom is 0.240 e. The maximum atomic E-state index is 12.1. The molecule has 0 spiro atoms. The molecule has 5 nitrogen and oxygen atoms in total. The highest BCUT2D eigenvalue weighted by Gasteiger charge is 2.13. The van der Waals surface area contributed by atoms with Gasteiger partial charge in [-0.3, -0.25) is 4.98 Å². The van der Waals surface area contributed by atoms with Gasteiger partial charge in [0.15, 0.2) is 0 Å². The van der Waals surface area contributed by atoms with Crippen molar-refractivity contribution in [3.63, 3.8) is 0 Å². The van der Waals surface area contributed by atoms with Gasteiger partial charge in [-0.15, -0.1) is 0 Å². The Morgan fingerprint density at radius 3 is 2.50 bits per heavy atom. The molecule has 1 aromatic heterocycles. The minimum Gasteiger partial charge on any atom is -0.264 e. The highest BCUT2D eigenvalue weighted by atomic mass is 32.2. The van der Waals surface area contributed by atoms with E-state index in [1.54, 1.807) is 36.7 Å². The summed E-state index contributed by atoms with van der Waals surface area (Å²) in [6, 6.07) is 11.8. The van der Waals surface area contributed by atoms with Gasteiger partial charge in [0.2, 0.25) is 10.0 Å². The molecule has 0 fully saturated rings. The smallest absolute Gasteiger partial charge is 0.240 e. The lowest BCUT2D eigenvalue weighted by atomic mass is 10.2. The van der Waals surface area contributed by atoms with Crippen LogP contribution in [0.4, 0.5) is 0 Å². The molecule has 0 bridgehead atoms. The van der Waals surface area contributed by atoms with E-state index in [1.807, 2.05) is 6.07 Å². The van der Waals surface area contributed by atoms with Crippen molar-refractivity contribution < 1.29 is 8.42 Å². The number of benzene rings is 1. The topological polar surface area (TPSA) is 82.8 Å². The number of hydrogen-bond acceptors (Lipinski definition) is 4. The fraction of sp³-hybridized carbons (Fsp3) is 0.143. The Morgan fingerprint density at radius 1 is 1.15 bits per heavy atom. The number of sulfonamides is 1. The summed E-state index contributed by atoms with van der Waals surface area (Å²) in [4.78, 5) is 4.11. The molecule has 1 N–H and O–H groups in total. The highest BCUT2D eigenvalue weighted by molar-refractivity contribution is 7.89. The third kappa shape index (κ3) is 3.63. The largest absolute Gasteiger partial charge is 0.264 e. The minimum atomic E-state index is -3.55. The Labute approximate surface area is 118 Å². The maximum absolute atomic E-state index is 12.1. The molecular formula is C14H13N3O2S. The van der Waals surface area contributed by atoms with E-state index in [0.29, 0.717) is 0 Å². The second kappa shape index (κ2) is 6.28. The number of pyridine rings is 1. The summed E-state index contributed by atoms with van der Waals surface area (Å²) in [6.45, 7) is 0.191. The molecule has 0 amide bonds. The lowest BCUT2D eigenvalue weighted by molar-refractivity contribution is 0.581. The normalized spacial score (nSPS) is 10.9. The molecule has 0 radical (unpaired) electrons. The Kier molecular flexibility index (Phi) is 4.45. The van der Waals surface area contributed by atoms with Gasteiger partial charge in [-0.2, -0.15) is 5.26 Å². The van der Waals surface area contributed by atoms with Crippen LogP contribution in [0.25, 0.3) is 0 Å². The van der Waals surface area contributed by atoms with Crippen LogP contribution in [0, 0.1) is 11.3 Å². The predicted octanol–water partition coefficient (Wildman–Crippen LogP) is 1.63. The summed E-state index contributed by atoms with van der Waals surface area (Å²) >= 11 is 0. The van der Waals surface area contributed by atoms with Crippen molar-refractivity contribution in [2.45, 2.75) is 17.9 Å². The SMILES string of the molecule is N#CCc1ccc(S(=O)(=O)NCc2cccnc2)cc1. The lowest BCUT2D eigenvalue weighted by Gasteiger charge is -2.07. The van der Waals surface area contributed by atoms with Gasteiger partial charge < -0.3 is 0 Å². The zero-order chi connectivity index (χ0) is 14.4. The monoisotopic (exact) mass is 287 g/mol. The van der Waals surface area contributed by atoms with Crippen LogP contribution < -0.4 is 4.72 Å². The van der Waals surface area contributed by atoms with E-state index < -0.39 is 10.0 Å². The first-order chi connectivity index (χ1) is 9.62. The Bertz CT molecular complexity index is 704. The molecule has 0 saturated carbocycles. The van der Waals surface area contributed by atoms with Crippen molar-refractivity contribution in [3.8, 4) is 6.07 Å². The van der Waals surface area contributed by atoms with Gasteiger partial charge in [0, 0.05) is 18.9 Å². The van der Waals surface area contributed by atoms with E-state index in [2.05, 4.69) is 9.71 Å².